The average Bonchev–Trinajstić information content (AvgIpc) is 2.49. The van der Waals surface area contributed by atoms with Crippen LogP contribution >= 0.6 is 0 Å². The maximum atomic E-state index is 14.3. The molecule has 2 rings (SSSR count). The lowest BCUT2D eigenvalue weighted by Crippen LogP contribution is -2.20. The molecule has 0 aliphatic heterocycles. The third-order valence-electron chi connectivity index (χ3n) is 4.06. The number of benzene rings is 2. The molecule has 0 aromatic heterocycles. The molecule has 21 heavy (non-hydrogen) atoms. The first-order valence-corrected chi connectivity index (χ1v) is 7.13. The topological polar surface area (TPSA) is 21.3 Å². The van der Waals surface area contributed by atoms with E-state index in [2.05, 4.69) is 31.3 Å². The molecule has 0 saturated heterocycles. The van der Waals surface area contributed by atoms with Gasteiger partial charge in [0, 0.05) is 6.04 Å². The van der Waals surface area contributed by atoms with Crippen LogP contribution in [0.4, 0.5) is 4.39 Å². The fraction of sp³-hybridized carbons (Fsp3) is 0.333. The van der Waals surface area contributed by atoms with Gasteiger partial charge < -0.3 is 10.1 Å². The number of hydrogen-bond donors (Lipinski definition) is 1. The van der Waals surface area contributed by atoms with E-state index in [0.29, 0.717) is 17.7 Å². The lowest BCUT2D eigenvalue weighted by atomic mass is 9.93. The molecule has 0 amide bonds. The molecule has 0 fully saturated rings. The summed E-state index contributed by atoms with van der Waals surface area (Å²) < 4.78 is 19.4. The van der Waals surface area contributed by atoms with Crippen LogP contribution in [0.3, 0.4) is 0 Å². The minimum Gasteiger partial charge on any atom is -0.494 e. The smallest absolute Gasteiger partial charge is 0.168 e. The molecule has 0 aliphatic carbocycles. The number of ether oxygens (including phenoxy) is 1. The largest absolute Gasteiger partial charge is 0.494 e. The van der Waals surface area contributed by atoms with E-state index >= 15 is 0 Å². The van der Waals surface area contributed by atoms with Crippen LogP contribution in [0, 0.1) is 19.7 Å². The van der Waals surface area contributed by atoms with E-state index in [9.17, 15) is 4.39 Å². The highest BCUT2D eigenvalue weighted by Crippen LogP contribution is 2.27. The first kappa shape index (κ1) is 15.5. The van der Waals surface area contributed by atoms with E-state index < -0.39 is 0 Å². The molecule has 112 valence electrons. The molecule has 0 bridgehead atoms. The quantitative estimate of drug-likeness (QED) is 0.899. The fourth-order valence-corrected chi connectivity index (χ4v) is 2.61. The van der Waals surface area contributed by atoms with Gasteiger partial charge >= 0.3 is 0 Å². The Labute approximate surface area is 126 Å². The molecule has 0 spiro atoms. The Balaban J connectivity index is 2.34. The van der Waals surface area contributed by atoms with Gasteiger partial charge in [-0.15, -0.1) is 0 Å². The third-order valence-corrected chi connectivity index (χ3v) is 4.06. The Bertz CT molecular complexity index is 625. The number of nitrogens with one attached hydrogen (secondary N) is 1. The highest BCUT2D eigenvalue weighted by atomic mass is 19.1. The molecular weight excluding hydrogens is 265 g/mol. The summed E-state index contributed by atoms with van der Waals surface area (Å²) in [7, 11) is 3.40. The van der Waals surface area contributed by atoms with Crippen molar-refractivity contribution in [3.8, 4) is 5.75 Å². The van der Waals surface area contributed by atoms with Crippen molar-refractivity contribution < 1.29 is 9.13 Å². The second-order valence-electron chi connectivity index (χ2n) is 5.27. The summed E-state index contributed by atoms with van der Waals surface area (Å²) in [6.45, 7) is 4.20. The molecule has 1 atom stereocenters. The standard InChI is InChI=1S/C18H22FNO/c1-12-7-5-9-15(13(12)2)16(20-3)11-14-8-6-10-17(21-4)18(14)19/h5-10,16,20H,11H2,1-4H3. The zero-order valence-electron chi connectivity index (χ0n) is 13.0. The van der Waals surface area contributed by atoms with Crippen molar-refractivity contribution >= 4 is 0 Å². The van der Waals surface area contributed by atoms with Gasteiger partial charge in [0.05, 0.1) is 7.11 Å². The predicted octanol–water partition coefficient (Wildman–Crippen LogP) is 3.95. The number of aryl methyl sites for hydroxylation is 1. The lowest BCUT2D eigenvalue weighted by molar-refractivity contribution is 0.383. The van der Waals surface area contributed by atoms with Gasteiger partial charge in [-0.1, -0.05) is 30.3 Å². The van der Waals surface area contributed by atoms with Crippen molar-refractivity contribution in [1.82, 2.24) is 5.32 Å². The van der Waals surface area contributed by atoms with Crippen LogP contribution in [-0.2, 0) is 6.42 Å². The molecule has 0 heterocycles. The molecule has 0 radical (unpaired) electrons. The molecule has 1 N–H and O–H groups in total. The zero-order chi connectivity index (χ0) is 15.4. The van der Waals surface area contributed by atoms with Crippen molar-refractivity contribution in [3.63, 3.8) is 0 Å². The summed E-state index contributed by atoms with van der Waals surface area (Å²) in [4.78, 5) is 0. The highest BCUT2D eigenvalue weighted by molar-refractivity contribution is 5.38. The van der Waals surface area contributed by atoms with E-state index in [1.165, 1.54) is 23.8 Å². The fourth-order valence-electron chi connectivity index (χ4n) is 2.61. The first-order valence-electron chi connectivity index (χ1n) is 7.13. The number of methoxy groups -OCH3 is 1. The van der Waals surface area contributed by atoms with Gasteiger partial charge in [-0.25, -0.2) is 4.39 Å². The summed E-state index contributed by atoms with van der Waals surface area (Å²) in [5.74, 6) is 0.0221. The van der Waals surface area contributed by atoms with Gasteiger partial charge in [0.15, 0.2) is 11.6 Å². The van der Waals surface area contributed by atoms with Crippen molar-refractivity contribution in [2.75, 3.05) is 14.2 Å². The Morgan fingerprint density at radius 3 is 2.52 bits per heavy atom. The number of halogens is 1. The van der Waals surface area contributed by atoms with Gasteiger partial charge in [-0.2, -0.15) is 0 Å². The lowest BCUT2D eigenvalue weighted by Gasteiger charge is -2.21. The summed E-state index contributed by atoms with van der Waals surface area (Å²) in [5, 5.41) is 3.29. The molecule has 1 unspecified atom stereocenters. The second-order valence-corrected chi connectivity index (χ2v) is 5.27. The van der Waals surface area contributed by atoms with E-state index in [4.69, 9.17) is 4.74 Å². The normalized spacial score (nSPS) is 12.2. The van der Waals surface area contributed by atoms with Crippen LogP contribution in [0.15, 0.2) is 36.4 Å². The second kappa shape index (κ2) is 6.72. The van der Waals surface area contributed by atoms with Gasteiger partial charge in [0.25, 0.3) is 0 Å². The van der Waals surface area contributed by atoms with E-state index in [-0.39, 0.29) is 11.9 Å². The molecule has 0 aliphatic rings. The third kappa shape index (κ3) is 3.24. The molecule has 3 heteroatoms. The van der Waals surface area contributed by atoms with Crippen LogP contribution in [0.5, 0.6) is 5.75 Å². The zero-order valence-corrected chi connectivity index (χ0v) is 13.0. The Kier molecular flexibility index (Phi) is 4.97. The van der Waals surface area contributed by atoms with Gasteiger partial charge in [-0.3, -0.25) is 0 Å². The average molecular weight is 287 g/mol. The van der Waals surface area contributed by atoms with Crippen LogP contribution in [0.1, 0.15) is 28.3 Å². The highest BCUT2D eigenvalue weighted by Gasteiger charge is 2.17. The maximum absolute atomic E-state index is 14.3. The van der Waals surface area contributed by atoms with Gasteiger partial charge in [0.1, 0.15) is 0 Å². The minimum absolute atomic E-state index is 0.0755. The first-order chi connectivity index (χ1) is 10.1. The van der Waals surface area contributed by atoms with Crippen molar-refractivity contribution in [3.05, 3.63) is 64.5 Å². The van der Waals surface area contributed by atoms with Crippen LogP contribution in [0.2, 0.25) is 0 Å². The van der Waals surface area contributed by atoms with Crippen molar-refractivity contribution in [1.29, 1.82) is 0 Å². The van der Waals surface area contributed by atoms with Crippen molar-refractivity contribution in [2.45, 2.75) is 26.3 Å². The predicted molar refractivity (Wildman–Crippen MR) is 84.4 cm³/mol. The summed E-state index contributed by atoms with van der Waals surface area (Å²) in [6, 6.07) is 11.6. The van der Waals surface area contributed by atoms with Gasteiger partial charge in [-0.05, 0) is 55.6 Å². The molecule has 2 nitrogen and oxygen atoms in total. The molecule has 2 aromatic carbocycles. The minimum atomic E-state index is -0.273. The molecule has 2 aromatic rings. The summed E-state index contributed by atoms with van der Waals surface area (Å²) >= 11 is 0. The Morgan fingerprint density at radius 1 is 1.14 bits per heavy atom. The number of likely N-dealkylation sites (N-methyl/N-ethyl adjacent to an activating group) is 1. The monoisotopic (exact) mass is 287 g/mol. The molecular formula is C18H22FNO. The van der Waals surface area contributed by atoms with Crippen LogP contribution in [0.25, 0.3) is 0 Å². The number of hydrogen-bond acceptors (Lipinski definition) is 2. The van der Waals surface area contributed by atoms with Crippen molar-refractivity contribution in [2.24, 2.45) is 0 Å². The number of rotatable bonds is 5. The van der Waals surface area contributed by atoms with E-state index in [1.54, 1.807) is 6.07 Å². The SMILES string of the molecule is CNC(Cc1cccc(OC)c1F)c1cccc(C)c1C. The summed E-state index contributed by atoms with van der Waals surface area (Å²) in [6.07, 6.45) is 0.587. The van der Waals surface area contributed by atoms with E-state index in [1.807, 2.05) is 25.2 Å². The summed E-state index contributed by atoms with van der Waals surface area (Å²) in [5.41, 5.74) is 4.37. The maximum Gasteiger partial charge on any atom is 0.168 e. The Hall–Kier alpha value is -1.87. The van der Waals surface area contributed by atoms with Crippen LogP contribution < -0.4 is 10.1 Å². The molecule has 0 saturated carbocycles. The van der Waals surface area contributed by atoms with E-state index in [0.717, 1.165) is 0 Å². The Morgan fingerprint density at radius 2 is 1.86 bits per heavy atom. The van der Waals surface area contributed by atoms with Gasteiger partial charge in [0.2, 0.25) is 0 Å². The van der Waals surface area contributed by atoms with Crippen LogP contribution in [-0.4, -0.2) is 14.2 Å².